The van der Waals surface area contributed by atoms with E-state index in [-0.39, 0.29) is 18.4 Å². The van der Waals surface area contributed by atoms with Gasteiger partial charge in [0.1, 0.15) is 0 Å². The molecule has 1 aliphatic rings. The third-order valence-electron chi connectivity index (χ3n) is 4.80. The summed E-state index contributed by atoms with van der Waals surface area (Å²) in [4.78, 5) is 32.0. The van der Waals surface area contributed by atoms with Crippen LogP contribution in [0.3, 0.4) is 0 Å². The first-order valence-electron chi connectivity index (χ1n) is 8.72. The summed E-state index contributed by atoms with van der Waals surface area (Å²) in [7, 11) is 0. The van der Waals surface area contributed by atoms with Crippen molar-refractivity contribution in [2.75, 3.05) is 11.9 Å². The van der Waals surface area contributed by atoms with E-state index in [1.807, 2.05) is 6.07 Å². The highest BCUT2D eigenvalue weighted by atomic mass is 32.1. The van der Waals surface area contributed by atoms with Crippen LogP contribution in [0.4, 0.5) is 5.13 Å². The molecule has 0 spiro atoms. The van der Waals surface area contributed by atoms with E-state index in [2.05, 4.69) is 33.6 Å². The number of carbonyl (C=O) groups is 2. The molecule has 0 saturated heterocycles. The lowest BCUT2D eigenvalue weighted by Gasteiger charge is -2.17. The number of hydrogen-bond donors (Lipinski definition) is 3. The van der Waals surface area contributed by atoms with Crippen molar-refractivity contribution in [2.45, 2.75) is 26.2 Å². The number of nitrogens with zero attached hydrogens (tertiary/aromatic N) is 1. The maximum Gasteiger partial charge on any atom is 0.253 e. The average Bonchev–Trinajstić information content (AvgIpc) is 3.26. The summed E-state index contributed by atoms with van der Waals surface area (Å²) >= 11 is 1.34. The Hall–Kier alpha value is -2.67. The Morgan fingerprint density at radius 3 is 3.08 bits per heavy atom. The van der Waals surface area contributed by atoms with Gasteiger partial charge in [0.25, 0.3) is 5.91 Å². The predicted octanol–water partition coefficient (Wildman–Crippen LogP) is 3.12. The number of thiazole rings is 1. The number of hydrogen-bond acceptors (Lipinski definition) is 4. The molecule has 2 heterocycles. The van der Waals surface area contributed by atoms with E-state index in [1.54, 1.807) is 17.6 Å². The van der Waals surface area contributed by atoms with E-state index in [0.717, 1.165) is 30.2 Å². The molecule has 1 aromatic carbocycles. The summed E-state index contributed by atoms with van der Waals surface area (Å²) in [5.41, 5.74) is 4.01. The SMILES string of the molecule is CC1CCc2[nH]c3c(C(=O)NCC(=O)Nc4nccs4)cccc3c2C1. The number of fused-ring (bicyclic) bond motifs is 3. The molecule has 6 nitrogen and oxygen atoms in total. The quantitative estimate of drug-likeness (QED) is 0.661. The van der Waals surface area contributed by atoms with Gasteiger partial charge in [-0.05, 0) is 36.8 Å². The van der Waals surface area contributed by atoms with Gasteiger partial charge in [0, 0.05) is 22.7 Å². The summed E-state index contributed by atoms with van der Waals surface area (Å²) in [6, 6.07) is 5.76. The Balaban J connectivity index is 1.51. The molecular weight excluding hydrogens is 348 g/mol. The Morgan fingerprint density at radius 2 is 2.27 bits per heavy atom. The van der Waals surface area contributed by atoms with Gasteiger partial charge in [0.2, 0.25) is 5.91 Å². The number of aromatic amines is 1. The van der Waals surface area contributed by atoms with E-state index in [0.29, 0.717) is 16.6 Å². The maximum absolute atomic E-state index is 12.6. The fourth-order valence-electron chi connectivity index (χ4n) is 3.51. The molecule has 1 atom stereocenters. The van der Waals surface area contributed by atoms with E-state index in [9.17, 15) is 9.59 Å². The van der Waals surface area contributed by atoms with Crippen LogP contribution in [-0.4, -0.2) is 28.3 Å². The van der Waals surface area contributed by atoms with Gasteiger partial charge in [-0.25, -0.2) is 4.98 Å². The van der Waals surface area contributed by atoms with Crippen LogP contribution in [0.2, 0.25) is 0 Å². The number of aryl methyl sites for hydroxylation is 1. The van der Waals surface area contributed by atoms with E-state index >= 15 is 0 Å². The standard InChI is InChI=1S/C19H20N4O2S/c1-11-5-6-15-14(9-11)12-3-2-4-13(17(12)22-15)18(25)21-10-16(24)23-19-20-7-8-26-19/h2-4,7-8,11,22H,5-6,9-10H2,1H3,(H,21,25)(H,20,23,24). The lowest BCUT2D eigenvalue weighted by atomic mass is 9.87. The average molecular weight is 368 g/mol. The van der Waals surface area contributed by atoms with Crippen LogP contribution in [0.15, 0.2) is 29.8 Å². The first-order valence-corrected chi connectivity index (χ1v) is 9.59. The molecule has 1 aliphatic carbocycles. The molecular formula is C19H20N4O2S. The molecule has 3 N–H and O–H groups in total. The van der Waals surface area contributed by atoms with Crippen molar-refractivity contribution >= 4 is 39.2 Å². The minimum Gasteiger partial charge on any atom is -0.358 e. The van der Waals surface area contributed by atoms with E-state index < -0.39 is 0 Å². The molecule has 0 bridgehead atoms. The largest absolute Gasteiger partial charge is 0.358 e. The van der Waals surface area contributed by atoms with Crippen LogP contribution < -0.4 is 10.6 Å². The molecule has 4 rings (SSSR count). The van der Waals surface area contributed by atoms with Crippen molar-refractivity contribution in [1.82, 2.24) is 15.3 Å². The van der Waals surface area contributed by atoms with Gasteiger partial charge in [-0.1, -0.05) is 19.1 Å². The van der Waals surface area contributed by atoms with Gasteiger partial charge in [0.05, 0.1) is 17.6 Å². The molecule has 2 amide bonds. The van der Waals surface area contributed by atoms with Crippen LogP contribution in [0.25, 0.3) is 10.9 Å². The summed E-state index contributed by atoms with van der Waals surface area (Å²) < 4.78 is 0. The lowest BCUT2D eigenvalue weighted by molar-refractivity contribution is -0.115. The molecule has 0 aliphatic heterocycles. The van der Waals surface area contributed by atoms with Crippen molar-refractivity contribution in [3.05, 3.63) is 46.6 Å². The minimum atomic E-state index is -0.292. The Morgan fingerprint density at radius 1 is 1.38 bits per heavy atom. The molecule has 134 valence electrons. The second-order valence-corrected chi connectivity index (χ2v) is 7.62. The number of anilines is 1. The van der Waals surface area contributed by atoms with Crippen LogP contribution in [0, 0.1) is 5.92 Å². The lowest BCUT2D eigenvalue weighted by Crippen LogP contribution is -2.32. The van der Waals surface area contributed by atoms with Crippen LogP contribution in [-0.2, 0) is 17.6 Å². The molecule has 3 aromatic rings. The highest BCUT2D eigenvalue weighted by molar-refractivity contribution is 7.13. The third-order valence-corrected chi connectivity index (χ3v) is 5.49. The molecule has 0 saturated carbocycles. The maximum atomic E-state index is 12.6. The van der Waals surface area contributed by atoms with Gasteiger partial charge in [-0.3, -0.25) is 9.59 Å². The molecule has 2 aromatic heterocycles. The number of H-pyrrole nitrogens is 1. The van der Waals surface area contributed by atoms with Crippen LogP contribution >= 0.6 is 11.3 Å². The van der Waals surface area contributed by atoms with Gasteiger partial charge in [-0.15, -0.1) is 11.3 Å². The number of benzene rings is 1. The highest BCUT2D eigenvalue weighted by Crippen LogP contribution is 2.32. The first kappa shape index (κ1) is 16.8. The van der Waals surface area contributed by atoms with Gasteiger partial charge < -0.3 is 15.6 Å². The van der Waals surface area contributed by atoms with Crippen LogP contribution in [0.1, 0.15) is 35.0 Å². The van der Waals surface area contributed by atoms with Crippen molar-refractivity contribution in [2.24, 2.45) is 5.92 Å². The smallest absolute Gasteiger partial charge is 0.253 e. The minimum absolute atomic E-state index is 0.0910. The molecule has 1 unspecified atom stereocenters. The highest BCUT2D eigenvalue weighted by Gasteiger charge is 2.22. The summed E-state index contributed by atoms with van der Waals surface area (Å²) in [6.07, 6.45) is 4.84. The Kier molecular flexibility index (Phi) is 4.46. The summed E-state index contributed by atoms with van der Waals surface area (Å²) in [6.45, 7) is 2.17. The second kappa shape index (κ2) is 6.92. The monoisotopic (exact) mass is 368 g/mol. The number of para-hydroxylation sites is 1. The van der Waals surface area contributed by atoms with Crippen molar-refractivity contribution in [3.8, 4) is 0 Å². The molecule has 7 heteroatoms. The van der Waals surface area contributed by atoms with Crippen molar-refractivity contribution < 1.29 is 9.59 Å². The topological polar surface area (TPSA) is 86.9 Å². The molecule has 0 radical (unpaired) electrons. The first-order chi connectivity index (χ1) is 12.6. The number of rotatable bonds is 4. The fourth-order valence-corrected chi connectivity index (χ4v) is 4.05. The Labute approximate surface area is 155 Å². The molecule has 0 fully saturated rings. The third kappa shape index (κ3) is 3.22. The number of amides is 2. The normalized spacial score (nSPS) is 16.3. The number of aromatic nitrogens is 2. The molecule has 26 heavy (non-hydrogen) atoms. The van der Waals surface area contributed by atoms with Gasteiger partial charge in [0.15, 0.2) is 5.13 Å². The van der Waals surface area contributed by atoms with E-state index in [4.69, 9.17) is 0 Å². The zero-order chi connectivity index (χ0) is 18.1. The van der Waals surface area contributed by atoms with Crippen molar-refractivity contribution in [3.63, 3.8) is 0 Å². The van der Waals surface area contributed by atoms with Gasteiger partial charge in [-0.2, -0.15) is 0 Å². The zero-order valence-corrected chi connectivity index (χ0v) is 15.3. The Bertz CT molecular complexity index is 961. The zero-order valence-electron chi connectivity index (χ0n) is 14.5. The fraction of sp³-hybridized carbons (Fsp3) is 0.316. The van der Waals surface area contributed by atoms with Crippen LogP contribution in [0.5, 0.6) is 0 Å². The predicted molar refractivity (Wildman–Crippen MR) is 103 cm³/mol. The van der Waals surface area contributed by atoms with Crippen molar-refractivity contribution in [1.29, 1.82) is 0 Å². The number of nitrogens with one attached hydrogen (secondary N) is 3. The second-order valence-electron chi connectivity index (χ2n) is 6.73. The number of carbonyl (C=O) groups excluding carboxylic acids is 2. The van der Waals surface area contributed by atoms with E-state index in [1.165, 1.54) is 22.6 Å². The summed E-state index contributed by atoms with van der Waals surface area (Å²) in [5.74, 6) is 0.116. The summed E-state index contributed by atoms with van der Waals surface area (Å²) in [5, 5.41) is 8.78. The van der Waals surface area contributed by atoms with Gasteiger partial charge >= 0.3 is 0 Å².